The first-order valence-corrected chi connectivity index (χ1v) is 8.61. The SMILES string of the molecule is O=C(O)C1CC=CCC1C(=O)Nc1c(Br)cc(Br)cc1Br. The number of halogens is 3. The van der Waals surface area contributed by atoms with E-state index in [0.29, 0.717) is 18.5 Å². The number of carbonyl (C=O) groups excluding carboxylic acids is 1. The monoisotopic (exact) mass is 479 g/mol. The summed E-state index contributed by atoms with van der Waals surface area (Å²) in [5.41, 5.74) is 0.599. The molecule has 0 aromatic heterocycles. The highest BCUT2D eigenvalue weighted by Gasteiger charge is 2.34. The van der Waals surface area contributed by atoms with Crippen LogP contribution in [-0.2, 0) is 9.59 Å². The molecule has 0 saturated heterocycles. The van der Waals surface area contributed by atoms with Crippen molar-refractivity contribution >= 4 is 65.4 Å². The van der Waals surface area contributed by atoms with Gasteiger partial charge in [0.15, 0.2) is 0 Å². The highest BCUT2D eigenvalue weighted by Crippen LogP contribution is 2.35. The summed E-state index contributed by atoms with van der Waals surface area (Å²) in [5.74, 6) is -2.46. The molecule has 1 aromatic carbocycles. The second-order valence-corrected chi connectivity index (χ2v) is 7.35. The fourth-order valence-electron chi connectivity index (χ4n) is 2.25. The lowest BCUT2D eigenvalue weighted by molar-refractivity contribution is -0.146. The van der Waals surface area contributed by atoms with Gasteiger partial charge in [-0.15, -0.1) is 0 Å². The van der Waals surface area contributed by atoms with E-state index in [-0.39, 0.29) is 5.91 Å². The summed E-state index contributed by atoms with van der Waals surface area (Å²) >= 11 is 10.1. The maximum Gasteiger partial charge on any atom is 0.307 e. The van der Waals surface area contributed by atoms with Gasteiger partial charge in [-0.2, -0.15) is 0 Å². The Morgan fingerprint density at radius 2 is 1.57 bits per heavy atom. The van der Waals surface area contributed by atoms with Gasteiger partial charge in [0, 0.05) is 13.4 Å². The van der Waals surface area contributed by atoms with Gasteiger partial charge in [0.05, 0.1) is 17.5 Å². The van der Waals surface area contributed by atoms with Crippen molar-refractivity contribution in [1.82, 2.24) is 0 Å². The molecular weight excluding hydrogens is 470 g/mol. The predicted octanol–water partition coefficient (Wildman–Crippen LogP) is 4.58. The van der Waals surface area contributed by atoms with E-state index >= 15 is 0 Å². The molecular formula is C14H12Br3NO3. The van der Waals surface area contributed by atoms with Crippen molar-refractivity contribution in [2.45, 2.75) is 12.8 Å². The van der Waals surface area contributed by atoms with E-state index in [0.717, 1.165) is 13.4 Å². The third-order valence-electron chi connectivity index (χ3n) is 3.34. The average molecular weight is 482 g/mol. The molecule has 1 aromatic rings. The van der Waals surface area contributed by atoms with Crippen molar-refractivity contribution in [2.24, 2.45) is 11.8 Å². The molecule has 0 spiro atoms. The highest BCUT2D eigenvalue weighted by molar-refractivity contribution is 9.11. The van der Waals surface area contributed by atoms with Crippen molar-refractivity contribution in [3.05, 3.63) is 37.7 Å². The first kappa shape index (κ1) is 16.7. The summed E-state index contributed by atoms with van der Waals surface area (Å²) in [6, 6.07) is 3.63. The van der Waals surface area contributed by atoms with Crippen LogP contribution in [0.15, 0.2) is 37.7 Å². The highest BCUT2D eigenvalue weighted by atomic mass is 79.9. The zero-order valence-corrected chi connectivity index (χ0v) is 15.5. The lowest BCUT2D eigenvalue weighted by Gasteiger charge is -2.24. The van der Waals surface area contributed by atoms with Gasteiger partial charge in [0.1, 0.15) is 0 Å². The van der Waals surface area contributed by atoms with E-state index in [2.05, 4.69) is 53.1 Å². The molecule has 0 saturated carbocycles. The van der Waals surface area contributed by atoms with Crippen molar-refractivity contribution in [3.63, 3.8) is 0 Å². The summed E-state index contributed by atoms with van der Waals surface area (Å²) in [4.78, 5) is 23.7. The van der Waals surface area contributed by atoms with E-state index in [1.807, 2.05) is 24.3 Å². The molecule has 0 fully saturated rings. The van der Waals surface area contributed by atoms with Gasteiger partial charge >= 0.3 is 5.97 Å². The summed E-state index contributed by atoms with van der Waals surface area (Å²) in [7, 11) is 0. The third-order valence-corrected chi connectivity index (χ3v) is 5.05. The summed E-state index contributed by atoms with van der Waals surface area (Å²) in [6.45, 7) is 0. The molecule has 1 aliphatic carbocycles. The normalized spacial score (nSPS) is 21.1. The van der Waals surface area contributed by atoms with Crippen LogP contribution >= 0.6 is 47.8 Å². The Morgan fingerprint density at radius 1 is 1.05 bits per heavy atom. The number of hydrogen-bond acceptors (Lipinski definition) is 2. The summed E-state index contributed by atoms with van der Waals surface area (Å²) in [6.07, 6.45) is 4.49. The Hall–Kier alpha value is -0.660. The minimum absolute atomic E-state index is 0.282. The molecule has 2 unspecified atom stereocenters. The molecule has 112 valence electrons. The number of rotatable bonds is 3. The standard InChI is InChI=1S/C14H12Br3NO3/c15-7-5-10(16)12(11(17)6-7)18-13(19)8-3-1-2-4-9(8)14(20)21/h1-2,5-6,8-9H,3-4H2,(H,18,19)(H,20,21). The second-order valence-electron chi connectivity index (χ2n) is 4.73. The van der Waals surface area contributed by atoms with Gasteiger partial charge < -0.3 is 10.4 Å². The van der Waals surface area contributed by atoms with Gasteiger partial charge in [0.2, 0.25) is 5.91 Å². The number of hydrogen-bond donors (Lipinski definition) is 2. The van der Waals surface area contributed by atoms with Gasteiger partial charge in [-0.05, 0) is 56.8 Å². The minimum atomic E-state index is -0.937. The predicted molar refractivity (Wildman–Crippen MR) is 91.2 cm³/mol. The third kappa shape index (κ3) is 3.96. The van der Waals surface area contributed by atoms with Crippen LogP contribution in [0.3, 0.4) is 0 Å². The first-order chi connectivity index (χ1) is 9.90. The van der Waals surface area contributed by atoms with Crippen LogP contribution in [0.5, 0.6) is 0 Å². The fraction of sp³-hybridized carbons (Fsp3) is 0.286. The molecule has 0 aliphatic heterocycles. The average Bonchev–Trinajstić information content (AvgIpc) is 2.42. The molecule has 2 atom stereocenters. The lowest BCUT2D eigenvalue weighted by Crippen LogP contribution is -2.34. The number of aliphatic carboxylic acids is 1. The Kier molecular flexibility index (Phi) is 5.62. The number of amides is 1. The van der Waals surface area contributed by atoms with Crippen molar-refractivity contribution in [3.8, 4) is 0 Å². The lowest BCUT2D eigenvalue weighted by atomic mass is 9.82. The van der Waals surface area contributed by atoms with Crippen LogP contribution in [0.4, 0.5) is 5.69 Å². The largest absolute Gasteiger partial charge is 0.481 e. The van der Waals surface area contributed by atoms with E-state index in [4.69, 9.17) is 0 Å². The zero-order valence-electron chi connectivity index (χ0n) is 10.8. The molecule has 7 heteroatoms. The molecule has 21 heavy (non-hydrogen) atoms. The molecule has 1 aliphatic rings. The maximum atomic E-state index is 12.4. The Balaban J connectivity index is 2.21. The minimum Gasteiger partial charge on any atom is -0.481 e. The molecule has 2 N–H and O–H groups in total. The van der Waals surface area contributed by atoms with Crippen LogP contribution in [0.2, 0.25) is 0 Å². The first-order valence-electron chi connectivity index (χ1n) is 6.23. The summed E-state index contributed by atoms with van der Waals surface area (Å²) < 4.78 is 2.30. The summed E-state index contributed by atoms with van der Waals surface area (Å²) in [5, 5.41) is 12.0. The number of allylic oxidation sites excluding steroid dienone is 2. The topological polar surface area (TPSA) is 66.4 Å². The number of carboxylic acids is 1. The maximum absolute atomic E-state index is 12.4. The van der Waals surface area contributed by atoms with Gasteiger partial charge in [0.25, 0.3) is 0 Å². The van der Waals surface area contributed by atoms with Gasteiger partial charge in [-0.25, -0.2) is 0 Å². The molecule has 0 radical (unpaired) electrons. The number of nitrogens with one attached hydrogen (secondary N) is 1. The Bertz CT molecular complexity index is 592. The quantitative estimate of drug-likeness (QED) is 0.621. The van der Waals surface area contributed by atoms with Gasteiger partial charge in [-0.1, -0.05) is 28.1 Å². The van der Waals surface area contributed by atoms with Crippen molar-refractivity contribution < 1.29 is 14.7 Å². The molecule has 0 bridgehead atoms. The van der Waals surface area contributed by atoms with E-state index in [1.54, 1.807) is 0 Å². The number of carbonyl (C=O) groups is 2. The van der Waals surface area contributed by atoms with E-state index in [9.17, 15) is 14.7 Å². The van der Waals surface area contributed by atoms with Crippen LogP contribution in [-0.4, -0.2) is 17.0 Å². The van der Waals surface area contributed by atoms with E-state index < -0.39 is 17.8 Å². The van der Waals surface area contributed by atoms with E-state index in [1.165, 1.54) is 0 Å². The van der Waals surface area contributed by atoms with Crippen LogP contribution in [0.1, 0.15) is 12.8 Å². The molecule has 4 nitrogen and oxygen atoms in total. The zero-order chi connectivity index (χ0) is 15.6. The Morgan fingerprint density at radius 3 is 2.10 bits per heavy atom. The number of carboxylic acid groups (broad SMARTS) is 1. The smallest absolute Gasteiger partial charge is 0.307 e. The van der Waals surface area contributed by atoms with Crippen LogP contribution in [0, 0.1) is 11.8 Å². The van der Waals surface area contributed by atoms with Crippen molar-refractivity contribution in [1.29, 1.82) is 0 Å². The number of anilines is 1. The van der Waals surface area contributed by atoms with Crippen LogP contribution < -0.4 is 5.32 Å². The van der Waals surface area contributed by atoms with Crippen LogP contribution in [0.25, 0.3) is 0 Å². The second kappa shape index (κ2) is 7.07. The number of benzene rings is 1. The fourth-order valence-corrected chi connectivity index (χ4v) is 4.71. The molecule has 1 amide bonds. The van der Waals surface area contributed by atoms with Crippen molar-refractivity contribution in [2.75, 3.05) is 5.32 Å². The Labute approximate surface area is 147 Å². The molecule has 0 heterocycles. The van der Waals surface area contributed by atoms with Gasteiger partial charge in [-0.3, -0.25) is 9.59 Å². The molecule has 2 rings (SSSR count).